The number of aromatic nitrogens is 1. The third-order valence-corrected chi connectivity index (χ3v) is 5.90. The minimum absolute atomic E-state index is 0.00431. The van der Waals surface area contributed by atoms with Crippen LogP contribution in [0.2, 0.25) is 0 Å². The topological polar surface area (TPSA) is 62.5 Å². The number of rotatable bonds is 5. The average Bonchev–Trinajstić information content (AvgIpc) is 3.12. The van der Waals surface area contributed by atoms with E-state index in [0.717, 1.165) is 30.9 Å². The predicted molar refractivity (Wildman–Crippen MR) is 101 cm³/mol. The fourth-order valence-corrected chi connectivity index (χ4v) is 4.10. The Kier molecular flexibility index (Phi) is 5.83. The highest BCUT2D eigenvalue weighted by Gasteiger charge is 2.30. The molecule has 5 nitrogen and oxygen atoms in total. The molecule has 1 aromatic carbocycles. The second kappa shape index (κ2) is 8.08. The van der Waals surface area contributed by atoms with Crippen LogP contribution in [0, 0.1) is 0 Å². The largest absolute Gasteiger partial charge is 0.337 e. The van der Waals surface area contributed by atoms with Crippen molar-refractivity contribution >= 4 is 17.2 Å². The minimum atomic E-state index is 0.00431. The van der Waals surface area contributed by atoms with Crippen molar-refractivity contribution < 1.29 is 4.79 Å². The Bertz CT molecular complexity index is 702. The van der Waals surface area contributed by atoms with Gasteiger partial charge in [0.1, 0.15) is 10.7 Å². The summed E-state index contributed by atoms with van der Waals surface area (Å²) in [4.78, 5) is 21.4. The summed E-state index contributed by atoms with van der Waals surface area (Å²) < 4.78 is 0. The number of benzene rings is 1. The fourth-order valence-electron chi connectivity index (χ4n) is 3.45. The number of nitrogens with two attached hydrogens (primary N) is 1. The van der Waals surface area contributed by atoms with Crippen LogP contribution in [0.5, 0.6) is 0 Å². The van der Waals surface area contributed by atoms with E-state index in [1.54, 1.807) is 0 Å². The smallest absolute Gasteiger partial charge is 0.273 e. The second-order valence-electron chi connectivity index (χ2n) is 6.73. The van der Waals surface area contributed by atoms with E-state index in [1.165, 1.54) is 16.9 Å². The van der Waals surface area contributed by atoms with Crippen molar-refractivity contribution in [1.29, 1.82) is 0 Å². The number of piperidine rings is 1. The van der Waals surface area contributed by atoms with E-state index in [0.29, 0.717) is 18.3 Å². The van der Waals surface area contributed by atoms with Gasteiger partial charge in [-0.05, 0) is 25.3 Å². The van der Waals surface area contributed by atoms with Crippen LogP contribution in [0.3, 0.4) is 0 Å². The molecule has 0 radical (unpaired) electrons. The average molecular weight is 359 g/mol. The molecule has 0 aliphatic carbocycles. The van der Waals surface area contributed by atoms with Crippen LogP contribution >= 0.6 is 11.3 Å². The second-order valence-corrected chi connectivity index (χ2v) is 7.67. The van der Waals surface area contributed by atoms with Gasteiger partial charge in [0.2, 0.25) is 0 Å². The van der Waals surface area contributed by atoms with Gasteiger partial charge in [-0.15, -0.1) is 11.3 Å². The molecule has 25 heavy (non-hydrogen) atoms. The number of hydrogen-bond acceptors (Lipinski definition) is 5. The first-order valence-electron chi connectivity index (χ1n) is 8.78. The van der Waals surface area contributed by atoms with E-state index in [-0.39, 0.29) is 11.9 Å². The Morgan fingerprint density at radius 1 is 1.40 bits per heavy atom. The molecule has 0 bridgehead atoms. The highest BCUT2D eigenvalue weighted by atomic mass is 32.1. The third-order valence-electron chi connectivity index (χ3n) is 5.03. The van der Waals surface area contributed by atoms with Crippen LogP contribution in [0.1, 0.15) is 40.8 Å². The Hall–Kier alpha value is -1.76. The molecule has 1 saturated heterocycles. The molecule has 3 rings (SSSR count). The first-order valence-corrected chi connectivity index (χ1v) is 9.66. The van der Waals surface area contributed by atoms with E-state index in [2.05, 4.69) is 41.1 Å². The van der Waals surface area contributed by atoms with Gasteiger partial charge in [-0.3, -0.25) is 9.69 Å². The molecule has 1 fully saturated rings. The summed E-state index contributed by atoms with van der Waals surface area (Å²) in [5.74, 6) is 0.00431. The van der Waals surface area contributed by atoms with E-state index < -0.39 is 0 Å². The highest BCUT2D eigenvalue weighted by molar-refractivity contribution is 7.09. The Labute approximate surface area is 153 Å². The van der Waals surface area contributed by atoms with Crippen molar-refractivity contribution in [2.75, 3.05) is 13.6 Å². The van der Waals surface area contributed by atoms with Crippen molar-refractivity contribution in [2.24, 2.45) is 5.73 Å². The van der Waals surface area contributed by atoms with Gasteiger partial charge in [0.15, 0.2) is 0 Å². The summed E-state index contributed by atoms with van der Waals surface area (Å²) in [6, 6.07) is 11.3. The molecule has 1 aliphatic rings. The molecule has 2 atom stereocenters. The quantitative estimate of drug-likeness (QED) is 0.893. The zero-order valence-corrected chi connectivity index (χ0v) is 15.7. The molecule has 2 heterocycles. The zero-order chi connectivity index (χ0) is 17.8. The van der Waals surface area contributed by atoms with Gasteiger partial charge in [-0.2, -0.15) is 0 Å². The van der Waals surface area contributed by atoms with Crippen molar-refractivity contribution in [2.45, 2.75) is 44.9 Å². The van der Waals surface area contributed by atoms with E-state index in [9.17, 15) is 4.79 Å². The lowest BCUT2D eigenvalue weighted by atomic mass is 9.96. The number of carbonyl (C=O) groups is 1. The molecule has 6 heteroatoms. The van der Waals surface area contributed by atoms with Crippen LogP contribution in [-0.2, 0) is 13.1 Å². The third kappa shape index (κ3) is 4.26. The Balaban J connectivity index is 1.59. The summed E-state index contributed by atoms with van der Waals surface area (Å²) >= 11 is 1.45. The van der Waals surface area contributed by atoms with Gasteiger partial charge >= 0.3 is 0 Å². The summed E-state index contributed by atoms with van der Waals surface area (Å²) in [7, 11) is 1.90. The predicted octanol–water partition coefficient (Wildman–Crippen LogP) is 2.73. The van der Waals surface area contributed by atoms with Crippen molar-refractivity contribution in [3.8, 4) is 0 Å². The fraction of sp³-hybridized carbons (Fsp3) is 0.474. The monoisotopic (exact) mass is 358 g/mol. The van der Waals surface area contributed by atoms with Gasteiger partial charge in [-0.25, -0.2) is 4.98 Å². The van der Waals surface area contributed by atoms with Crippen LogP contribution in [0.25, 0.3) is 0 Å². The van der Waals surface area contributed by atoms with Crippen molar-refractivity contribution in [1.82, 2.24) is 14.8 Å². The maximum absolute atomic E-state index is 12.7. The summed E-state index contributed by atoms with van der Waals surface area (Å²) in [6.07, 6.45) is 1.98. The first-order chi connectivity index (χ1) is 12.1. The molecule has 134 valence electrons. The van der Waals surface area contributed by atoms with Crippen molar-refractivity contribution in [3.63, 3.8) is 0 Å². The number of thiazole rings is 1. The van der Waals surface area contributed by atoms with E-state index >= 15 is 0 Å². The molecule has 1 aromatic heterocycles. The molecule has 2 unspecified atom stereocenters. The molecule has 0 spiro atoms. The lowest BCUT2D eigenvalue weighted by Crippen LogP contribution is -2.49. The number of amides is 1. The number of nitrogens with zero attached hydrogens (tertiary/aromatic N) is 3. The molecule has 1 aliphatic heterocycles. The highest BCUT2D eigenvalue weighted by Crippen LogP contribution is 2.24. The summed E-state index contributed by atoms with van der Waals surface area (Å²) in [5.41, 5.74) is 7.46. The number of carbonyl (C=O) groups excluding carboxylic acids is 1. The number of likely N-dealkylation sites (tertiary alicyclic amines) is 1. The molecule has 1 amide bonds. The van der Waals surface area contributed by atoms with E-state index in [4.69, 9.17) is 5.73 Å². The van der Waals surface area contributed by atoms with Gasteiger partial charge in [0.25, 0.3) is 5.91 Å². The Morgan fingerprint density at radius 3 is 2.80 bits per heavy atom. The SMILES string of the molecule is CC1CC(N(C)C(=O)c2csc(CN)n2)CCN1Cc1ccccc1. The van der Waals surface area contributed by atoms with Crippen LogP contribution in [0.15, 0.2) is 35.7 Å². The Morgan fingerprint density at radius 2 is 2.16 bits per heavy atom. The van der Waals surface area contributed by atoms with Gasteiger partial charge in [0.05, 0.1) is 0 Å². The van der Waals surface area contributed by atoms with Gasteiger partial charge in [-0.1, -0.05) is 30.3 Å². The normalized spacial score (nSPS) is 21.2. The van der Waals surface area contributed by atoms with Crippen LogP contribution in [0.4, 0.5) is 0 Å². The maximum atomic E-state index is 12.7. The minimum Gasteiger partial charge on any atom is -0.337 e. The molecule has 2 N–H and O–H groups in total. The van der Waals surface area contributed by atoms with Crippen molar-refractivity contribution in [3.05, 3.63) is 52.0 Å². The lowest BCUT2D eigenvalue weighted by Gasteiger charge is -2.41. The maximum Gasteiger partial charge on any atom is 0.273 e. The summed E-state index contributed by atoms with van der Waals surface area (Å²) in [6.45, 7) is 4.61. The number of hydrogen-bond donors (Lipinski definition) is 1. The van der Waals surface area contributed by atoms with Gasteiger partial charge in [0, 0.05) is 44.1 Å². The van der Waals surface area contributed by atoms with E-state index in [1.807, 2.05) is 23.4 Å². The van der Waals surface area contributed by atoms with Gasteiger partial charge < -0.3 is 10.6 Å². The zero-order valence-electron chi connectivity index (χ0n) is 14.9. The lowest BCUT2D eigenvalue weighted by molar-refractivity contribution is 0.0534. The first kappa shape index (κ1) is 18.0. The molecular weight excluding hydrogens is 332 g/mol. The molecule has 0 saturated carbocycles. The molecular formula is C19H26N4OS. The molecule has 2 aromatic rings. The van der Waals surface area contributed by atoms with Crippen LogP contribution < -0.4 is 5.73 Å². The summed E-state index contributed by atoms with van der Waals surface area (Å²) in [5, 5.41) is 2.62. The van der Waals surface area contributed by atoms with Crippen LogP contribution in [-0.4, -0.2) is 46.4 Å². The standard InChI is InChI=1S/C19H26N4OS/c1-14-10-16(8-9-23(14)12-15-6-4-3-5-7-15)22(2)19(24)17-13-25-18(11-20)21-17/h3-7,13-14,16H,8-12,20H2,1-2H3.